The maximum Gasteiger partial charge on any atom is 0.144 e. The Morgan fingerprint density at radius 1 is 1.20 bits per heavy atom. The first-order chi connectivity index (χ1) is 9.74. The third kappa shape index (κ3) is 3.14. The number of oxime groups is 1. The first kappa shape index (κ1) is 13.6. The minimum absolute atomic E-state index is 0.316. The smallest absolute Gasteiger partial charge is 0.144 e. The predicted octanol–water partition coefficient (Wildman–Crippen LogP) is 1.79. The van der Waals surface area contributed by atoms with E-state index in [9.17, 15) is 0 Å². The average Bonchev–Trinajstić information content (AvgIpc) is 2.47. The molecule has 7 heteroatoms. The van der Waals surface area contributed by atoms with Gasteiger partial charge in [0.1, 0.15) is 30.8 Å². The first-order valence-electron chi connectivity index (χ1n) is 5.82. The predicted molar refractivity (Wildman–Crippen MR) is 77.3 cm³/mol. The third-order valence-corrected chi connectivity index (χ3v) is 2.55. The van der Waals surface area contributed by atoms with Crippen LogP contribution in [0.1, 0.15) is 5.56 Å². The number of aromatic nitrogens is 2. The Hall–Kier alpha value is -2.83. The van der Waals surface area contributed by atoms with Gasteiger partial charge in [-0.2, -0.15) is 0 Å². The lowest BCUT2D eigenvalue weighted by Crippen LogP contribution is -2.05. The molecule has 0 aliphatic heterocycles. The van der Waals surface area contributed by atoms with Gasteiger partial charge in [0.15, 0.2) is 0 Å². The highest BCUT2D eigenvalue weighted by molar-refractivity contribution is 5.92. The average molecular weight is 273 g/mol. The van der Waals surface area contributed by atoms with Crippen LogP contribution in [0.5, 0.6) is 5.75 Å². The van der Waals surface area contributed by atoms with Gasteiger partial charge in [0.25, 0.3) is 0 Å². The summed E-state index contributed by atoms with van der Waals surface area (Å²) in [6.07, 6.45) is 2.84. The van der Waals surface area contributed by atoms with E-state index >= 15 is 0 Å². The molecule has 1 heterocycles. The fourth-order valence-corrected chi connectivity index (χ4v) is 1.55. The molecule has 0 saturated heterocycles. The lowest BCUT2D eigenvalue weighted by molar-refractivity contribution is 0.215. The highest BCUT2D eigenvalue weighted by Gasteiger charge is 2.07. The summed E-state index contributed by atoms with van der Waals surface area (Å²) in [5.74, 6) is 1.64. The summed E-state index contributed by atoms with van der Waals surface area (Å²) >= 11 is 0. The van der Waals surface area contributed by atoms with Crippen LogP contribution < -0.4 is 15.8 Å². The lowest BCUT2D eigenvalue weighted by Gasteiger charge is -2.09. The van der Waals surface area contributed by atoms with Gasteiger partial charge in [-0.1, -0.05) is 5.16 Å². The quantitative estimate of drug-likeness (QED) is 0.637. The van der Waals surface area contributed by atoms with E-state index in [2.05, 4.69) is 25.3 Å². The molecule has 104 valence electrons. The van der Waals surface area contributed by atoms with Crippen LogP contribution in [0.3, 0.4) is 0 Å². The van der Waals surface area contributed by atoms with Gasteiger partial charge in [-0.05, 0) is 24.3 Å². The lowest BCUT2D eigenvalue weighted by atomic mass is 10.2. The van der Waals surface area contributed by atoms with Gasteiger partial charge in [0.2, 0.25) is 0 Å². The monoisotopic (exact) mass is 273 g/mol. The van der Waals surface area contributed by atoms with E-state index in [1.807, 2.05) is 24.3 Å². The number of benzene rings is 1. The molecule has 2 rings (SSSR count). The Balaban J connectivity index is 2.27. The maximum absolute atomic E-state index is 5.80. The number of hydrogen-bond donors (Lipinski definition) is 2. The second-order valence-electron chi connectivity index (χ2n) is 3.79. The molecule has 0 spiro atoms. The van der Waals surface area contributed by atoms with E-state index in [4.69, 9.17) is 10.5 Å². The zero-order chi connectivity index (χ0) is 14.4. The minimum atomic E-state index is 0.316. The van der Waals surface area contributed by atoms with Crippen molar-refractivity contribution in [2.24, 2.45) is 5.16 Å². The number of methoxy groups -OCH3 is 1. The van der Waals surface area contributed by atoms with E-state index in [0.717, 1.165) is 11.4 Å². The number of nitrogens with zero attached hydrogens (tertiary/aromatic N) is 3. The molecule has 20 heavy (non-hydrogen) atoms. The number of anilines is 3. The summed E-state index contributed by atoms with van der Waals surface area (Å²) in [5, 5.41) is 6.83. The van der Waals surface area contributed by atoms with Crippen LogP contribution in [0.15, 0.2) is 35.7 Å². The van der Waals surface area contributed by atoms with Crippen LogP contribution >= 0.6 is 0 Å². The Bertz CT molecular complexity index is 598. The second kappa shape index (κ2) is 6.37. The molecule has 2 aromatic rings. The zero-order valence-corrected chi connectivity index (χ0v) is 11.2. The van der Waals surface area contributed by atoms with E-state index in [1.54, 1.807) is 7.11 Å². The Morgan fingerprint density at radius 2 is 1.95 bits per heavy atom. The molecular weight excluding hydrogens is 258 g/mol. The van der Waals surface area contributed by atoms with Gasteiger partial charge < -0.3 is 20.6 Å². The van der Waals surface area contributed by atoms with Crippen molar-refractivity contribution < 1.29 is 9.57 Å². The van der Waals surface area contributed by atoms with Gasteiger partial charge in [-0.25, -0.2) is 9.97 Å². The van der Waals surface area contributed by atoms with Crippen LogP contribution in [0.4, 0.5) is 17.3 Å². The topological polar surface area (TPSA) is 94.7 Å². The van der Waals surface area contributed by atoms with E-state index in [0.29, 0.717) is 17.2 Å². The van der Waals surface area contributed by atoms with Crippen molar-refractivity contribution >= 4 is 23.5 Å². The standard InChI is InChI=1S/C13H15N5O2/c1-19-10-5-3-9(4-6-10)18-13-11(7-17-20-2)12(14)15-8-16-13/h3-8H,1-2H3,(H3,14,15,16,18)/b17-7+. The molecule has 3 N–H and O–H groups in total. The van der Waals surface area contributed by atoms with Crippen LogP contribution in [0.2, 0.25) is 0 Å². The molecule has 1 aromatic heterocycles. The minimum Gasteiger partial charge on any atom is -0.497 e. The number of nitrogens with two attached hydrogens (primary N) is 1. The van der Waals surface area contributed by atoms with Crippen LogP contribution in [0, 0.1) is 0 Å². The van der Waals surface area contributed by atoms with Gasteiger partial charge in [0, 0.05) is 5.69 Å². The summed E-state index contributed by atoms with van der Waals surface area (Å²) in [6.45, 7) is 0. The van der Waals surface area contributed by atoms with Crippen molar-refractivity contribution in [2.45, 2.75) is 0 Å². The van der Waals surface area contributed by atoms with Crippen LogP contribution in [-0.2, 0) is 4.84 Å². The number of rotatable bonds is 5. The SMILES string of the molecule is CO/N=C/c1c(N)ncnc1Nc1ccc(OC)cc1. The van der Waals surface area contributed by atoms with Gasteiger partial charge in [0.05, 0.1) is 18.9 Å². The molecule has 0 bridgehead atoms. The molecule has 1 aromatic carbocycles. The summed E-state index contributed by atoms with van der Waals surface area (Å²) in [4.78, 5) is 12.7. The first-order valence-corrected chi connectivity index (χ1v) is 5.82. The summed E-state index contributed by atoms with van der Waals surface area (Å²) in [6, 6.07) is 7.42. The van der Waals surface area contributed by atoms with Crippen molar-refractivity contribution in [3.63, 3.8) is 0 Å². The van der Waals surface area contributed by atoms with Gasteiger partial charge in [-0.15, -0.1) is 0 Å². The van der Waals surface area contributed by atoms with E-state index in [1.165, 1.54) is 19.7 Å². The molecule has 0 amide bonds. The highest BCUT2D eigenvalue weighted by Crippen LogP contribution is 2.22. The molecule has 0 unspecified atom stereocenters. The Morgan fingerprint density at radius 3 is 2.60 bits per heavy atom. The van der Waals surface area contributed by atoms with Crippen molar-refractivity contribution in [3.8, 4) is 5.75 Å². The maximum atomic E-state index is 5.80. The van der Waals surface area contributed by atoms with Gasteiger partial charge >= 0.3 is 0 Å². The normalized spacial score (nSPS) is 10.5. The third-order valence-electron chi connectivity index (χ3n) is 2.55. The Kier molecular flexibility index (Phi) is 4.33. The summed E-state index contributed by atoms with van der Waals surface area (Å²) < 4.78 is 5.10. The molecule has 0 saturated carbocycles. The molecule has 0 aliphatic rings. The zero-order valence-electron chi connectivity index (χ0n) is 11.2. The molecular formula is C13H15N5O2. The molecule has 7 nitrogen and oxygen atoms in total. The second-order valence-corrected chi connectivity index (χ2v) is 3.79. The van der Waals surface area contributed by atoms with Crippen molar-refractivity contribution in [3.05, 3.63) is 36.2 Å². The highest BCUT2D eigenvalue weighted by atomic mass is 16.6. The fraction of sp³-hybridized carbons (Fsp3) is 0.154. The molecule has 0 radical (unpaired) electrons. The van der Waals surface area contributed by atoms with Crippen molar-refractivity contribution in [2.75, 3.05) is 25.3 Å². The largest absolute Gasteiger partial charge is 0.497 e. The van der Waals surface area contributed by atoms with Crippen molar-refractivity contribution in [1.82, 2.24) is 9.97 Å². The van der Waals surface area contributed by atoms with E-state index in [-0.39, 0.29) is 0 Å². The molecule has 0 aliphatic carbocycles. The molecule has 0 fully saturated rings. The number of nitrogens with one attached hydrogen (secondary N) is 1. The Labute approximate surface area is 116 Å². The fourth-order valence-electron chi connectivity index (χ4n) is 1.55. The molecule has 0 atom stereocenters. The summed E-state index contributed by atoms with van der Waals surface area (Å²) in [7, 11) is 3.07. The van der Waals surface area contributed by atoms with Gasteiger partial charge in [-0.3, -0.25) is 0 Å². The number of nitrogen functional groups attached to an aromatic ring is 1. The van der Waals surface area contributed by atoms with Crippen LogP contribution in [0.25, 0.3) is 0 Å². The number of ether oxygens (including phenoxy) is 1. The van der Waals surface area contributed by atoms with Crippen LogP contribution in [-0.4, -0.2) is 30.4 Å². The number of hydrogen-bond acceptors (Lipinski definition) is 7. The van der Waals surface area contributed by atoms with E-state index < -0.39 is 0 Å². The van der Waals surface area contributed by atoms with Crippen molar-refractivity contribution in [1.29, 1.82) is 0 Å². The summed E-state index contributed by atoms with van der Waals surface area (Å²) in [5.41, 5.74) is 7.21.